The van der Waals surface area contributed by atoms with Crippen molar-refractivity contribution in [2.75, 3.05) is 0 Å². The van der Waals surface area contributed by atoms with Crippen LogP contribution in [0.25, 0.3) is 0 Å². The molecule has 2 aromatic carbocycles. The molecule has 0 amide bonds. The van der Waals surface area contributed by atoms with E-state index in [1.54, 1.807) is 0 Å². The Morgan fingerprint density at radius 1 is 0.583 bits per heavy atom. The van der Waals surface area contributed by atoms with Gasteiger partial charge in [-0.2, -0.15) is 0 Å². The van der Waals surface area contributed by atoms with E-state index < -0.39 is 0 Å². The Hall–Kier alpha value is -1.64. The van der Waals surface area contributed by atoms with Gasteiger partial charge in [-0.1, -0.05) is 60.7 Å². The molecular weight excluding hydrogens is 292 g/mol. The van der Waals surface area contributed by atoms with Gasteiger partial charge in [0.1, 0.15) is 0 Å². The Morgan fingerprint density at radius 2 is 0.958 bits per heavy atom. The lowest BCUT2D eigenvalue weighted by atomic mass is 9.64. The third-order valence-electron chi connectivity index (χ3n) is 5.99. The van der Waals surface area contributed by atoms with Gasteiger partial charge in [0.2, 0.25) is 0 Å². The van der Waals surface area contributed by atoms with Gasteiger partial charge in [0.05, 0.1) is 0 Å². The molecule has 2 atom stereocenters. The third kappa shape index (κ3) is 3.55. The van der Waals surface area contributed by atoms with E-state index in [4.69, 9.17) is 0 Å². The van der Waals surface area contributed by atoms with Crippen molar-refractivity contribution in [2.45, 2.75) is 50.9 Å². The zero-order valence-corrected chi connectivity index (χ0v) is 14.3. The Kier molecular flexibility index (Phi) is 4.96. The monoisotopic (exact) mass is 320 g/mol. The Morgan fingerprint density at radius 3 is 1.33 bits per heavy atom. The molecule has 2 nitrogen and oxygen atoms in total. The van der Waals surface area contributed by atoms with Crippen molar-refractivity contribution in [2.24, 2.45) is 11.8 Å². The minimum absolute atomic E-state index is 0.612. The molecule has 24 heavy (non-hydrogen) atoms. The van der Waals surface area contributed by atoms with Crippen LogP contribution in [0, 0.1) is 11.8 Å². The highest BCUT2D eigenvalue weighted by Gasteiger charge is 2.42. The van der Waals surface area contributed by atoms with Gasteiger partial charge in [0.25, 0.3) is 0 Å². The number of nitrogens with one attached hydrogen (secondary N) is 2. The molecular formula is C22H28N2. The fourth-order valence-corrected chi connectivity index (χ4v) is 4.70. The van der Waals surface area contributed by atoms with Crippen molar-refractivity contribution >= 4 is 0 Å². The molecule has 3 saturated carbocycles. The summed E-state index contributed by atoms with van der Waals surface area (Å²) in [7, 11) is 0. The predicted octanol–water partition coefficient (Wildman–Crippen LogP) is 4.12. The minimum atomic E-state index is 0.612. The zero-order chi connectivity index (χ0) is 16.2. The second kappa shape index (κ2) is 7.50. The Labute approximate surface area is 145 Å². The predicted molar refractivity (Wildman–Crippen MR) is 99.6 cm³/mol. The van der Waals surface area contributed by atoms with E-state index in [1.807, 2.05) is 0 Å². The first-order valence-electron chi connectivity index (χ1n) is 9.45. The van der Waals surface area contributed by atoms with Crippen LogP contribution in [0.4, 0.5) is 0 Å². The standard InChI is InChI=1S/C22H28N2/c1-3-7-17(8-4-1)15-23-21-19-11-13-20(14-12-19)22(21)24-16-18-9-5-2-6-10-18/h1-10,19-24H,11-16H2/t19?,20?,21-,22-/m0/s1. The second-order valence-electron chi connectivity index (χ2n) is 7.46. The lowest BCUT2D eigenvalue weighted by Gasteiger charge is -2.49. The van der Waals surface area contributed by atoms with Crippen LogP contribution in [0.5, 0.6) is 0 Å². The van der Waals surface area contributed by atoms with Crippen molar-refractivity contribution in [3.8, 4) is 0 Å². The summed E-state index contributed by atoms with van der Waals surface area (Å²) in [6.45, 7) is 1.97. The number of hydrogen-bond acceptors (Lipinski definition) is 2. The smallest absolute Gasteiger partial charge is 0.0255 e. The average Bonchev–Trinajstić information content (AvgIpc) is 2.67. The average molecular weight is 320 g/mol. The molecule has 0 unspecified atom stereocenters. The second-order valence-corrected chi connectivity index (χ2v) is 7.46. The summed E-state index contributed by atoms with van der Waals surface area (Å²) in [5.74, 6) is 1.68. The third-order valence-corrected chi connectivity index (χ3v) is 5.99. The summed E-state index contributed by atoms with van der Waals surface area (Å²) in [5, 5.41) is 7.79. The molecule has 0 radical (unpaired) electrons. The molecule has 3 fully saturated rings. The normalized spacial score (nSPS) is 28.8. The van der Waals surface area contributed by atoms with Crippen LogP contribution < -0.4 is 10.6 Å². The first-order chi connectivity index (χ1) is 11.9. The van der Waals surface area contributed by atoms with E-state index in [1.165, 1.54) is 36.8 Å². The van der Waals surface area contributed by atoms with Gasteiger partial charge in [0, 0.05) is 25.2 Å². The van der Waals surface area contributed by atoms with Crippen molar-refractivity contribution < 1.29 is 0 Å². The molecule has 0 heterocycles. The number of benzene rings is 2. The van der Waals surface area contributed by atoms with E-state index in [2.05, 4.69) is 71.3 Å². The van der Waals surface area contributed by atoms with Crippen LogP contribution >= 0.6 is 0 Å². The molecule has 2 heteroatoms. The molecule has 0 aromatic heterocycles. The van der Waals surface area contributed by atoms with Crippen molar-refractivity contribution in [1.82, 2.24) is 10.6 Å². The maximum absolute atomic E-state index is 3.89. The fraction of sp³-hybridized carbons (Fsp3) is 0.455. The summed E-state index contributed by atoms with van der Waals surface area (Å²) in [6.07, 6.45) is 5.61. The van der Waals surface area contributed by atoms with Crippen molar-refractivity contribution in [3.05, 3.63) is 71.8 Å². The van der Waals surface area contributed by atoms with Crippen LogP contribution in [0.3, 0.4) is 0 Å². The SMILES string of the molecule is c1ccc(CN[C@H]2C3CCC(CC3)[C@@H]2NCc2ccccc2)cc1. The van der Waals surface area contributed by atoms with Crippen LogP contribution in [0.2, 0.25) is 0 Å². The largest absolute Gasteiger partial charge is 0.308 e. The molecule has 126 valence electrons. The first-order valence-corrected chi connectivity index (χ1v) is 9.45. The maximum Gasteiger partial charge on any atom is 0.0255 e. The zero-order valence-electron chi connectivity index (χ0n) is 14.3. The van der Waals surface area contributed by atoms with Crippen molar-refractivity contribution in [3.63, 3.8) is 0 Å². The summed E-state index contributed by atoms with van der Waals surface area (Å²) in [5.41, 5.74) is 2.78. The van der Waals surface area contributed by atoms with Crippen LogP contribution in [0.1, 0.15) is 36.8 Å². The van der Waals surface area contributed by atoms with Crippen LogP contribution in [-0.4, -0.2) is 12.1 Å². The summed E-state index contributed by atoms with van der Waals surface area (Å²) < 4.78 is 0. The number of fused-ring (bicyclic) bond motifs is 3. The van der Waals surface area contributed by atoms with Crippen molar-refractivity contribution in [1.29, 1.82) is 0 Å². The van der Waals surface area contributed by atoms with Crippen LogP contribution in [-0.2, 0) is 13.1 Å². The maximum atomic E-state index is 3.89. The van der Waals surface area contributed by atoms with Gasteiger partial charge < -0.3 is 10.6 Å². The molecule has 3 aliphatic carbocycles. The van der Waals surface area contributed by atoms with E-state index >= 15 is 0 Å². The molecule has 5 rings (SSSR count). The molecule has 3 aliphatic rings. The van der Waals surface area contributed by atoms with Gasteiger partial charge in [-0.3, -0.25) is 0 Å². The van der Waals surface area contributed by atoms with E-state index in [0.717, 1.165) is 24.9 Å². The van der Waals surface area contributed by atoms with Gasteiger partial charge in [-0.15, -0.1) is 0 Å². The minimum Gasteiger partial charge on any atom is -0.308 e. The van der Waals surface area contributed by atoms with E-state index in [9.17, 15) is 0 Å². The topological polar surface area (TPSA) is 24.1 Å². The highest BCUT2D eigenvalue weighted by Crippen LogP contribution is 2.41. The molecule has 0 spiro atoms. The molecule has 2 bridgehead atoms. The van der Waals surface area contributed by atoms with Crippen LogP contribution in [0.15, 0.2) is 60.7 Å². The number of hydrogen-bond donors (Lipinski definition) is 2. The summed E-state index contributed by atoms with van der Waals surface area (Å²) in [6, 6.07) is 22.8. The van der Waals surface area contributed by atoms with Gasteiger partial charge in [-0.05, 0) is 48.6 Å². The highest BCUT2D eigenvalue weighted by atomic mass is 15.0. The van der Waals surface area contributed by atoms with Gasteiger partial charge >= 0.3 is 0 Å². The summed E-state index contributed by atoms with van der Waals surface area (Å²) in [4.78, 5) is 0. The lowest BCUT2D eigenvalue weighted by Crippen LogP contribution is -2.60. The lowest BCUT2D eigenvalue weighted by molar-refractivity contribution is 0.0746. The van der Waals surface area contributed by atoms with Gasteiger partial charge in [0.15, 0.2) is 0 Å². The Balaban J connectivity index is 1.41. The fourth-order valence-electron chi connectivity index (χ4n) is 4.70. The number of rotatable bonds is 6. The molecule has 0 saturated heterocycles. The van der Waals surface area contributed by atoms with Gasteiger partial charge in [-0.25, -0.2) is 0 Å². The quantitative estimate of drug-likeness (QED) is 0.836. The summed E-state index contributed by atoms with van der Waals surface area (Å²) >= 11 is 0. The molecule has 0 aliphatic heterocycles. The Bertz CT molecular complexity index is 559. The molecule has 2 N–H and O–H groups in total. The first kappa shape index (κ1) is 15.9. The highest BCUT2D eigenvalue weighted by molar-refractivity contribution is 5.16. The van der Waals surface area contributed by atoms with E-state index in [-0.39, 0.29) is 0 Å². The van der Waals surface area contributed by atoms with E-state index in [0.29, 0.717) is 12.1 Å². The molecule has 2 aromatic rings.